The Morgan fingerprint density at radius 1 is 0.935 bits per heavy atom. The van der Waals surface area contributed by atoms with Crippen LogP contribution in [0.2, 0.25) is 0 Å². The van der Waals surface area contributed by atoms with Crippen molar-refractivity contribution in [3.63, 3.8) is 0 Å². The molecule has 5 aliphatic rings. The highest BCUT2D eigenvalue weighted by Crippen LogP contribution is 2.65. The van der Waals surface area contributed by atoms with Crippen LogP contribution in [0.1, 0.15) is 27.9 Å². The standard InChI is InChI=1S/C26H24N2O3/c1-13-6-7-14(2)21(10-13)27-24(29)15-4-3-5-16(11-15)28-25(30)22-17-8-9-18(20-12-19(17)20)23(22)26(28)31/h3-11,17-20,22-23H,12H2,1-2H3,(H,27,29)/t17-,18-,19-,20-,22-,23+/m0/s1. The summed E-state index contributed by atoms with van der Waals surface area (Å²) in [5.41, 5.74) is 3.72. The zero-order valence-electron chi connectivity index (χ0n) is 17.5. The number of hydrogen-bond acceptors (Lipinski definition) is 3. The number of carbonyl (C=O) groups excluding carboxylic acids is 3. The summed E-state index contributed by atoms with van der Waals surface area (Å²) in [5, 5.41) is 2.96. The smallest absolute Gasteiger partial charge is 0.255 e. The van der Waals surface area contributed by atoms with E-state index in [0.29, 0.717) is 23.1 Å². The molecule has 1 heterocycles. The van der Waals surface area contributed by atoms with Crippen LogP contribution in [0.15, 0.2) is 54.6 Å². The summed E-state index contributed by atoms with van der Waals surface area (Å²) in [6.07, 6.45) is 5.48. The lowest BCUT2D eigenvalue weighted by Gasteiger charge is -2.37. The molecule has 5 nitrogen and oxygen atoms in total. The third-order valence-electron chi connectivity index (χ3n) is 7.67. The molecular weight excluding hydrogens is 388 g/mol. The van der Waals surface area contributed by atoms with E-state index in [4.69, 9.17) is 0 Å². The average Bonchev–Trinajstić information content (AvgIpc) is 3.54. The molecule has 1 aliphatic heterocycles. The van der Waals surface area contributed by atoms with Crippen LogP contribution >= 0.6 is 0 Å². The molecule has 31 heavy (non-hydrogen) atoms. The molecule has 1 saturated heterocycles. The van der Waals surface area contributed by atoms with E-state index in [1.807, 2.05) is 32.0 Å². The lowest BCUT2D eigenvalue weighted by molar-refractivity contribution is -0.124. The maximum Gasteiger partial charge on any atom is 0.255 e. The van der Waals surface area contributed by atoms with Crippen molar-refractivity contribution >= 4 is 29.1 Å². The molecule has 0 aromatic heterocycles. The fraction of sp³-hybridized carbons (Fsp3) is 0.346. The van der Waals surface area contributed by atoms with Gasteiger partial charge in [-0.25, -0.2) is 4.90 Å². The summed E-state index contributed by atoms with van der Waals surface area (Å²) in [6.45, 7) is 3.92. The van der Waals surface area contributed by atoms with Gasteiger partial charge in [-0.15, -0.1) is 0 Å². The lowest BCUT2D eigenvalue weighted by Crippen LogP contribution is -2.40. The summed E-state index contributed by atoms with van der Waals surface area (Å²) < 4.78 is 0. The molecular formula is C26H24N2O3. The Hall–Kier alpha value is -3.21. The van der Waals surface area contributed by atoms with E-state index >= 15 is 0 Å². The van der Waals surface area contributed by atoms with Crippen LogP contribution in [0.3, 0.4) is 0 Å². The molecule has 0 unspecified atom stereocenters. The van der Waals surface area contributed by atoms with Gasteiger partial charge in [0.05, 0.1) is 17.5 Å². The van der Waals surface area contributed by atoms with Crippen LogP contribution in [0, 0.1) is 49.4 Å². The molecule has 0 radical (unpaired) electrons. The third kappa shape index (κ3) is 2.65. The second-order valence-corrected chi connectivity index (χ2v) is 9.49. The Morgan fingerprint density at radius 2 is 1.61 bits per heavy atom. The van der Waals surface area contributed by atoms with Crippen molar-refractivity contribution in [1.29, 1.82) is 0 Å². The normalized spacial score (nSPS) is 32.1. The first kappa shape index (κ1) is 18.6. The van der Waals surface area contributed by atoms with E-state index in [1.165, 1.54) is 4.90 Å². The monoisotopic (exact) mass is 412 g/mol. The molecule has 4 aliphatic carbocycles. The van der Waals surface area contributed by atoms with E-state index in [1.54, 1.807) is 24.3 Å². The predicted molar refractivity (Wildman–Crippen MR) is 118 cm³/mol. The van der Waals surface area contributed by atoms with Gasteiger partial charge in [0.15, 0.2) is 0 Å². The Bertz CT molecular complexity index is 1150. The highest BCUT2D eigenvalue weighted by atomic mass is 16.2. The molecule has 0 spiro atoms. The molecule has 2 aromatic rings. The second kappa shape index (κ2) is 6.39. The summed E-state index contributed by atoms with van der Waals surface area (Å²) in [5.74, 6) is 0.589. The van der Waals surface area contributed by atoms with Gasteiger partial charge in [0.2, 0.25) is 11.8 Å². The van der Waals surface area contributed by atoms with E-state index < -0.39 is 0 Å². The first-order valence-electron chi connectivity index (χ1n) is 11.0. The number of nitrogens with one attached hydrogen (secondary N) is 1. The van der Waals surface area contributed by atoms with Gasteiger partial charge in [-0.05, 0) is 79.3 Å². The minimum atomic E-state index is -0.255. The molecule has 2 bridgehead atoms. The fourth-order valence-electron chi connectivity index (χ4n) is 6.06. The third-order valence-corrected chi connectivity index (χ3v) is 7.67. The number of nitrogens with zero attached hydrogens (tertiary/aromatic N) is 1. The van der Waals surface area contributed by atoms with Crippen LogP contribution in [0.25, 0.3) is 0 Å². The van der Waals surface area contributed by atoms with E-state index in [0.717, 1.165) is 23.2 Å². The van der Waals surface area contributed by atoms with Crippen molar-refractivity contribution in [2.45, 2.75) is 20.3 Å². The first-order valence-corrected chi connectivity index (χ1v) is 11.0. The van der Waals surface area contributed by atoms with E-state index in [-0.39, 0.29) is 41.4 Å². The Kier molecular flexibility index (Phi) is 3.83. The molecule has 5 heteroatoms. The number of amides is 3. The SMILES string of the molecule is Cc1ccc(C)c(NC(=O)c2cccc(N3C(=O)[C@@H]4[C@H]5C=C[C@@H]([C@@H]6C[C@@H]56)[C@@H]4C3=O)c2)c1. The minimum absolute atomic E-state index is 0.105. The Labute approximate surface area is 181 Å². The molecule has 3 fully saturated rings. The molecule has 2 saturated carbocycles. The van der Waals surface area contributed by atoms with Crippen molar-refractivity contribution in [2.75, 3.05) is 10.2 Å². The zero-order chi connectivity index (χ0) is 21.4. The van der Waals surface area contributed by atoms with Crippen LogP contribution in [0.4, 0.5) is 11.4 Å². The second-order valence-electron chi connectivity index (χ2n) is 9.49. The van der Waals surface area contributed by atoms with Crippen molar-refractivity contribution in [3.05, 3.63) is 71.3 Å². The maximum absolute atomic E-state index is 13.3. The van der Waals surface area contributed by atoms with Crippen LogP contribution < -0.4 is 10.2 Å². The molecule has 156 valence electrons. The summed E-state index contributed by atoms with van der Waals surface area (Å²) in [6, 6.07) is 12.8. The molecule has 3 amide bonds. The number of aryl methyl sites for hydroxylation is 2. The van der Waals surface area contributed by atoms with Gasteiger partial charge in [0.1, 0.15) is 0 Å². The van der Waals surface area contributed by atoms with Crippen molar-refractivity contribution in [3.8, 4) is 0 Å². The van der Waals surface area contributed by atoms with E-state index in [2.05, 4.69) is 17.5 Å². The Balaban J connectivity index is 1.29. The van der Waals surface area contributed by atoms with Crippen molar-refractivity contribution in [1.82, 2.24) is 0 Å². The molecule has 6 atom stereocenters. The average molecular weight is 412 g/mol. The molecule has 7 rings (SSSR count). The van der Waals surface area contributed by atoms with Crippen LogP contribution in [-0.4, -0.2) is 17.7 Å². The zero-order valence-corrected chi connectivity index (χ0v) is 17.5. The number of rotatable bonds is 3. The number of carbonyl (C=O) groups is 3. The number of allylic oxidation sites excluding steroid dienone is 2. The summed E-state index contributed by atoms with van der Waals surface area (Å²) >= 11 is 0. The number of anilines is 2. The first-order chi connectivity index (χ1) is 14.9. The Morgan fingerprint density at radius 3 is 2.29 bits per heavy atom. The van der Waals surface area contributed by atoms with Gasteiger partial charge in [-0.3, -0.25) is 14.4 Å². The van der Waals surface area contributed by atoms with Gasteiger partial charge < -0.3 is 5.32 Å². The van der Waals surface area contributed by atoms with Crippen molar-refractivity contribution < 1.29 is 14.4 Å². The minimum Gasteiger partial charge on any atom is -0.322 e. The summed E-state index contributed by atoms with van der Waals surface area (Å²) in [4.78, 5) is 40.9. The number of imide groups is 1. The number of hydrogen-bond donors (Lipinski definition) is 1. The van der Waals surface area contributed by atoms with Gasteiger partial charge in [-0.1, -0.05) is 30.4 Å². The quantitative estimate of drug-likeness (QED) is 0.609. The highest BCUT2D eigenvalue weighted by Gasteiger charge is 2.67. The van der Waals surface area contributed by atoms with Gasteiger partial charge >= 0.3 is 0 Å². The summed E-state index contributed by atoms with van der Waals surface area (Å²) in [7, 11) is 0. The van der Waals surface area contributed by atoms with Gasteiger partial charge in [0, 0.05) is 11.3 Å². The topological polar surface area (TPSA) is 66.5 Å². The van der Waals surface area contributed by atoms with E-state index in [9.17, 15) is 14.4 Å². The number of benzene rings is 2. The van der Waals surface area contributed by atoms with Crippen LogP contribution in [0.5, 0.6) is 0 Å². The largest absolute Gasteiger partial charge is 0.322 e. The van der Waals surface area contributed by atoms with Gasteiger partial charge in [-0.2, -0.15) is 0 Å². The predicted octanol–water partition coefficient (Wildman–Crippen LogP) is 4.11. The van der Waals surface area contributed by atoms with Crippen molar-refractivity contribution in [2.24, 2.45) is 35.5 Å². The fourth-order valence-corrected chi connectivity index (χ4v) is 6.06. The molecule has 2 aromatic carbocycles. The maximum atomic E-state index is 13.3. The molecule has 1 N–H and O–H groups in total. The highest BCUT2D eigenvalue weighted by molar-refractivity contribution is 6.23. The van der Waals surface area contributed by atoms with Crippen LogP contribution in [-0.2, 0) is 9.59 Å². The van der Waals surface area contributed by atoms with Gasteiger partial charge in [0.25, 0.3) is 5.91 Å². The lowest BCUT2D eigenvalue weighted by atomic mass is 9.63.